The third-order valence-electron chi connectivity index (χ3n) is 3.54. The molecule has 0 aromatic heterocycles. The number of aliphatic hydroxyl groups excluding tert-OH is 1. The average molecular weight is 318 g/mol. The van der Waals surface area contributed by atoms with Crippen molar-refractivity contribution in [2.75, 3.05) is 37.5 Å². The summed E-state index contributed by atoms with van der Waals surface area (Å²) in [4.78, 5) is 1.91. The number of halogens is 1. The summed E-state index contributed by atoms with van der Waals surface area (Å²) in [5.41, 5.74) is 2.83. The molecule has 0 saturated heterocycles. The van der Waals surface area contributed by atoms with E-state index in [0.29, 0.717) is 5.75 Å². The highest BCUT2D eigenvalue weighted by Crippen LogP contribution is 2.29. The van der Waals surface area contributed by atoms with Gasteiger partial charge in [-0.1, -0.05) is 6.07 Å². The van der Waals surface area contributed by atoms with Gasteiger partial charge in [-0.15, -0.1) is 0 Å². The van der Waals surface area contributed by atoms with Crippen LogP contribution in [0.5, 0.6) is 5.75 Å². The summed E-state index contributed by atoms with van der Waals surface area (Å²) in [5.74, 6) is 0.475. The van der Waals surface area contributed by atoms with Gasteiger partial charge in [-0.3, -0.25) is 0 Å². The molecule has 0 amide bonds. The molecule has 2 rings (SSSR count). The van der Waals surface area contributed by atoms with Crippen molar-refractivity contribution < 1.29 is 14.2 Å². The second-order valence-corrected chi connectivity index (χ2v) is 5.56. The molecule has 0 radical (unpaired) electrons. The summed E-state index contributed by atoms with van der Waals surface area (Å²) in [7, 11) is 3.80. The number of aliphatic hydroxyl groups is 1. The van der Waals surface area contributed by atoms with Gasteiger partial charge in [0.1, 0.15) is 18.2 Å². The summed E-state index contributed by atoms with van der Waals surface area (Å²) in [5, 5.41) is 12.2. The summed E-state index contributed by atoms with van der Waals surface area (Å²) in [6.07, 6.45) is 0. The Labute approximate surface area is 136 Å². The number of nitrogens with zero attached hydrogens (tertiary/aromatic N) is 1. The molecule has 0 aliphatic rings. The normalized spacial score (nSPS) is 11.9. The molecule has 124 valence electrons. The van der Waals surface area contributed by atoms with Gasteiger partial charge in [0, 0.05) is 25.5 Å². The lowest BCUT2D eigenvalue weighted by Crippen LogP contribution is -2.16. The Morgan fingerprint density at radius 1 is 1.17 bits per heavy atom. The molecule has 2 N–H and O–H groups in total. The predicted molar refractivity (Wildman–Crippen MR) is 91.8 cm³/mol. The molecule has 0 aliphatic heterocycles. The van der Waals surface area contributed by atoms with Crippen molar-refractivity contribution in [1.82, 2.24) is 0 Å². The highest BCUT2D eigenvalue weighted by atomic mass is 19.1. The van der Waals surface area contributed by atoms with Crippen LogP contribution in [0.15, 0.2) is 42.5 Å². The first-order chi connectivity index (χ1) is 11.0. The van der Waals surface area contributed by atoms with Crippen LogP contribution in [0.2, 0.25) is 0 Å². The van der Waals surface area contributed by atoms with Crippen molar-refractivity contribution in [2.24, 2.45) is 0 Å². The molecule has 0 spiro atoms. The molecule has 2 aromatic rings. The summed E-state index contributed by atoms with van der Waals surface area (Å²) < 4.78 is 18.8. The smallest absolute Gasteiger partial charge is 0.125 e. The van der Waals surface area contributed by atoms with E-state index in [4.69, 9.17) is 9.84 Å². The van der Waals surface area contributed by atoms with Crippen LogP contribution in [0, 0.1) is 5.82 Å². The standard InChI is InChI=1S/C18H23FN2O2/c1-13(17-9-4-14(19)12-18(17)21(2)3)20-15-5-7-16(8-6-15)23-11-10-22/h4-9,12-13,20,22H,10-11H2,1-3H3. The Bertz CT molecular complexity index is 629. The van der Waals surface area contributed by atoms with Crippen LogP contribution >= 0.6 is 0 Å². The SMILES string of the molecule is CC(Nc1ccc(OCCO)cc1)c1ccc(F)cc1N(C)C. The first-order valence-electron chi connectivity index (χ1n) is 7.58. The molecule has 1 atom stereocenters. The molecule has 5 heteroatoms. The van der Waals surface area contributed by atoms with E-state index in [1.54, 1.807) is 12.1 Å². The molecule has 0 heterocycles. The minimum absolute atomic E-state index is 0.00505. The van der Waals surface area contributed by atoms with Gasteiger partial charge in [-0.2, -0.15) is 0 Å². The maximum atomic E-state index is 13.5. The lowest BCUT2D eigenvalue weighted by atomic mass is 10.0. The molecule has 1 unspecified atom stereocenters. The van der Waals surface area contributed by atoms with E-state index in [1.807, 2.05) is 50.2 Å². The minimum atomic E-state index is -0.241. The number of benzene rings is 2. The third kappa shape index (κ3) is 4.60. The summed E-state index contributed by atoms with van der Waals surface area (Å²) in [6.45, 7) is 2.32. The zero-order valence-electron chi connectivity index (χ0n) is 13.7. The largest absolute Gasteiger partial charge is 0.491 e. The molecule has 4 nitrogen and oxygen atoms in total. The molecular formula is C18H23FN2O2. The molecule has 0 saturated carbocycles. The zero-order valence-corrected chi connectivity index (χ0v) is 13.7. The Kier molecular flexibility index (Phi) is 5.82. The van der Waals surface area contributed by atoms with Gasteiger partial charge < -0.3 is 20.1 Å². The van der Waals surface area contributed by atoms with E-state index in [0.717, 1.165) is 16.9 Å². The van der Waals surface area contributed by atoms with Crippen molar-refractivity contribution >= 4 is 11.4 Å². The van der Waals surface area contributed by atoms with Crippen molar-refractivity contribution in [2.45, 2.75) is 13.0 Å². The fraction of sp³-hybridized carbons (Fsp3) is 0.333. The lowest BCUT2D eigenvalue weighted by molar-refractivity contribution is 0.201. The molecule has 23 heavy (non-hydrogen) atoms. The maximum Gasteiger partial charge on any atom is 0.125 e. The van der Waals surface area contributed by atoms with E-state index in [1.165, 1.54) is 6.07 Å². The van der Waals surface area contributed by atoms with Gasteiger partial charge >= 0.3 is 0 Å². The number of anilines is 2. The molecule has 0 aliphatic carbocycles. The van der Waals surface area contributed by atoms with Gasteiger partial charge in [0.25, 0.3) is 0 Å². The highest BCUT2D eigenvalue weighted by molar-refractivity contribution is 5.57. The summed E-state index contributed by atoms with van der Waals surface area (Å²) in [6, 6.07) is 12.4. The van der Waals surface area contributed by atoms with Crippen molar-refractivity contribution in [1.29, 1.82) is 0 Å². The summed E-state index contributed by atoms with van der Waals surface area (Å²) >= 11 is 0. The van der Waals surface area contributed by atoms with Gasteiger partial charge in [-0.25, -0.2) is 4.39 Å². The van der Waals surface area contributed by atoms with Crippen LogP contribution in [0.3, 0.4) is 0 Å². The fourth-order valence-corrected chi connectivity index (χ4v) is 2.41. The molecule has 0 fully saturated rings. The first-order valence-corrected chi connectivity index (χ1v) is 7.58. The molecule has 0 bridgehead atoms. The predicted octanol–water partition coefficient (Wildman–Crippen LogP) is 3.44. The number of hydrogen-bond acceptors (Lipinski definition) is 4. The van der Waals surface area contributed by atoms with Gasteiger partial charge in [0.05, 0.1) is 12.6 Å². The quantitative estimate of drug-likeness (QED) is 0.821. The first kappa shape index (κ1) is 17.1. The van der Waals surface area contributed by atoms with E-state index >= 15 is 0 Å². The van der Waals surface area contributed by atoms with Crippen LogP contribution < -0.4 is 15.0 Å². The van der Waals surface area contributed by atoms with Crippen LogP contribution in [0.1, 0.15) is 18.5 Å². The Balaban J connectivity index is 2.11. The number of nitrogens with one attached hydrogen (secondary N) is 1. The second-order valence-electron chi connectivity index (χ2n) is 5.56. The number of rotatable bonds is 7. The molecular weight excluding hydrogens is 295 g/mol. The number of ether oxygens (including phenoxy) is 1. The van der Waals surface area contributed by atoms with E-state index in [2.05, 4.69) is 5.32 Å². The van der Waals surface area contributed by atoms with Crippen molar-refractivity contribution in [3.63, 3.8) is 0 Å². The highest BCUT2D eigenvalue weighted by Gasteiger charge is 2.13. The van der Waals surface area contributed by atoms with Crippen LogP contribution in [0.4, 0.5) is 15.8 Å². The van der Waals surface area contributed by atoms with E-state index in [-0.39, 0.29) is 25.1 Å². The van der Waals surface area contributed by atoms with E-state index < -0.39 is 0 Å². The van der Waals surface area contributed by atoms with Crippen LogP contribution in [-0.4, -0.2) is 32.4 Å². The number of hydrogen-bond donors (Lipinski definition) is 2. The van der Waals surface area contributed by atoms with Gasteiger partial charge in [0.2, 0.25) is 0 Å². The fourth-order valence-electron chi connectivity index (χ4n) is 2.41. The minimum Gasteiger partial charge on any atom is -0.491 e. The van der Waals surface area contributed by atoms with Gasteiger partial charge in [0.15, 0.2) is 0 Å². The van der Waals surface area contributed by atoms with E-state index in [9.17, 15) is 4.39 Å². The van der Waals surface area contributed by atoms with Crippen molar-refractivity contribution in [3.8, 4) is 5.75 Å². The Morgan fingerprint density at radius 2 is 1.87 bits per heavy atom. The monoisotopic (exact) mass is 318 g/mol. The lowest BCUT2D eigenvalue weighted by Gasteiger charge is -2.23. The van der Waals surface area contributed by atoms with Crippen LogP contribution in [-0.2, 0) is 0 Å². The maximum absolute atomic E-state index is 13.5. The topological polar surface area (TPSA) is 44.7 Å². The van der Waals surface area contributed by atoms with Crippen LogP contribution in [0.25, 0.3) is 0 Å². The van der Waals surface area contributed by atoms with Gasteiger partial charge in [-0.05, 0) is 48.9 Å². The Hall–Kier alpha value is -2.27. The zero-order chi connectivity index (χ0) is 16.8. The third-order valence-corrected chi connectivity index (χ3v) is 3.54. The van der Waals surface area contributed by atoms with Crippen molar-refractivity contribution in [3.05, 3.63) is 53.8 Å². The average Bonchev–Trinajstić information content (AvgIpc) is 2.54. The Morgan fingerprint density at radius 3 is 2.48 bits per heavy atom. The molecule has 2 aromatic carbocycles. The second kappa shape index (κ2) is 7.83.